The van der Waals surface area contributed by atoms with E-state index >= 15 is 0 Å². The van der Waals surface area contributed by atoms with E-state index in [1.54, 1.807) is 30.3 Å². The Morgan fingerprint density at radius 1 is 1.00 bits per heavy atom. The molecule has 1 fully saturated rings. The first-order chi connectivity index (χ1) is 13.3. The van der Waals surface area contributed by atoms with Crippen LogP contribution in [0.5, 0.6) is 0 Å². The van der Waals surface area contributed by atoms with Crippen molar-refractivity contribution >= 4 is 44.8 Å². The summed E-state index contributed by atoms with van der Waals surface area (Å²) < 4.78 is 33.4. The normalized spacial score (nSPS) is 14.6. The minimum absolute atomic E-state index is 0.0361. The maximum Gasteiger partial charge on any atom is 0.247 e. The van der Waals surface area contributed by atoms with Gasteiger partial charge in [-0.1, -0.05) is 34.8 Å². The Morgan fingerprint density at radius 2 is 1.68 bits per heavy atom. The van der Waals surface area contributed by atoms with Crippen LogP contribution in [0.2, 0.25) is 15.1 Å². The molecular weight excluding hydrogens is 445 g/mol. The minimum Gasteiger partial charge on any atom is -0.419 e. The molecule has 0 amide bonds. The second-order valence-corrected chi connectivity index (χ2v) is 9.50. The molecule has 3 aromatic rings. The summed E-state index contributed by atoms with van der Waals surface area (Å²) in [6.07, 6.45) is 1.52. The fraction of sp³-hybridized carbons (Fsp3) is 0.222. The van der Waals surface area contributed by atoms with Gasteiger partial charge < -0.3 is 4.42 Å². The molecule has 0 unspecified atom stereocenters. The molecule has 2 aromatic carbocycles. The third-order valence-electron chi connectivity index (χ3n) is 4.28. The van der Waals surface area contributed by atoms with Gasteiger partial charge in [0.15, 0.2) is 0 Å². The highest BCUT2D eigenvalue weighted by Crippen LogP contribution is 2.36. The van der Waals surface area contributed by atoms with Crippen molar-refractivity contribution in [2.45, 2.75) is 30.3 Å². The van der Waals surface area contributed by atoms with E-state index in [1.165, 1.54) is 16.4 Å². The van der Waals surface area contributed by atoms with E-state index in [-0.39, 0.29) is 28.4 Å². The number of aromatic nitrogens is 2. The van der Waals surface area contributed by atoms with Gasteiger partial charge in [0, 0.05) is 21.7 Å². The van der Waals surface area contributed by atoms with Crippen LogP contribution in [0, 0.1) is 0 Å². The Balaban J connectivity index is 1.63. The van der Waals surface area contributed by atoms with Crippen LogP contribution >= 0.6 is 34.8 Å². The minimum atomic E-state index is -3.88. The van der Waals surface area contributed by atoms with Gasteiger partial charge >= 0.3 is 0 Å². The lowest BCUT2D eigenvalue weighted by molar-refractivity contribution is 0.351. The zero-order chi connectivity index (χ0) is 19.9. The SMILES string of the molecule is O=S(=O)(c1cc(Cl)ccc1Cl)N(Cc1nnc(-c2ccc(Cl)cc2)o1)C1CC1. The maximum absolute atomic E-state index is 13.2. The Kier molecular flexibility index (Phi) is 5.37. The first-order valence-electron chi connectivity index (χ1n) is 8.40. The maximum atomic E-state index is 13.2. The van der Waals surface area contributed by atoms with Crippen LogP contribution in [0.25, 0.3) is 11.5 Å². The topological polar surface area (TPSA) is 76.3 Å². The van der Waals surface area contributed by atoms with Crippen LogP contribution < -0.4 is 0 Å². The highest BCUT2D eigenvalue weighted by Gasteiger charge is 2.40. The van der Waals surface area contributed by atoms with E-state index in [0.29, 0.717) is 21.5 Å². The monoisotopic (exact) mass is 457 g/mol. The lowest BCUT2D eigenvalue weighted by Crippen LogP contribution is -2.33. The summed E-state index contributed by atoms with van der Waals surface area (Å²) in [6.45, 7) is -0.0452. The molecule has 1 aromatic heterocycles. The van der Waals surface area contributed by atoms with E-state index in [2.05, 4.69) is 10.2 Å². The summed E-state index contributed by atoms with van der Waals surface area (Å²) in [7, 11) is -3.88. The van der Waals surface area contributed by atoms with E-state index in [9.17, 15) is 8.42 Å². The first kappa shape index (κ1) is 19.7. The molecule has 0 N–H and O–H groups in total. The van der Waals surface area contributed by atoms with Crippen molar-refractivity contribution in [2.24, 2.45) is 0 Å². The Labute approximate surface area is 177 Å². The van der Waals surface area contributed by atoms with Crippen molar-refractivity contribution in [1.29, 1.82) is 0 Å². The predicted octanol–water partition coefficient (Wildman–Crippen LogP) is 5.05. The molecule has 28 heavy (non-hydrogen) atoms. The number of halogens is 3. The smallest absolute Gasteiger partial charge is 0.247 e. The number of rotatable bonds is 6. The summed E-state index contributed by atoms with van der Waals surface area (Å²) in [6, 6.07) is 11.1. The van der Waals surface area contributed by atoms with Crippen molar-refractivity contribution in [3.63, 3.8) is 0 Å². The molecule has 1 aliphatic carbocycles. The number of benzene rings is 2. The third-order valence-corrected chi connectivity index (χ3v) is 7.15. The molecule has 0 bridgehead atoms. The largest absolute Gasteiger partial charge is 0.419 e. The van der Waals surface area contributed by atoms with Crippen LogP contribution in [-0.2, 0) is 16.6 Å². The molecule has 0 saturated heterocycles. The molecule has 0 aliphatic heterocycles. The highest BCUT2D eigenvalue weighted by molar-refractivity contribution is 7.89. The molecule has 1 heterocycles. The summed E-state index contributed by atoms with van der Waals surface area (Å²) in [5.74, 6) is 0.485. The number of hydrogen-bond donors (Lipinski definition) is 0. The van der Waals surface area contributed by atoms with Crippen molar-refractivity contribution < 1.29 is 12.8 Å². The zero-order valence-corrected chi connectivity index (χ0v) is 17.4. The van der Waals surface area contributed by atoms with Crippen LogP contribution in [0.15, 0.2) is 51.8 Å². The number of nitrogens with zero attached hydrogens (tertiary/aromatic N) is 3. The van der Waals surface area contributed by atoms with E-state index < -0.39 is 10.0 Å². The summed E-state index contributed by atoms with van der Waals surface area (Å²) in [4.78, 5) is -0.0361. The standard InChI is InChI=1S/C18H14Cl3N3O3S/c19-12-3-1-11(2-4-12)18-23-22-17(27-18)10-24(14-6-7-14)28(25,26)16-9-13(20)5-8-15(16)21/h1-5,8-9,14H,6-7,10H2. The zero-order valence-electron chi connectivity index (χ0n) is 14.3. The summed E-state index contributed by atoms with van der Waals surface area (Å²) in [5.41, 5.74) is 0.696. The quantitative estimate of drug-likeness (QED) is 0.516. The van der Waals surface area contributed by atoms with Gasteiger partial charge in [-0.15, -0.1) is 10.2 Å². The van der Waals surface area contributed by atoms with E-state index in [0.717, 1.165) is 12.8 Å². The lowest BCUT2D eigenvalue weighted by Gasteiger charge is -2.21. The molecule has 1 aliphatic rings. The Morgan fingerprint density at radius 3 is 2.36 bits per heavy atom. The van der Waals surface area contributed by atoms with Gasteiger partial charge in [-0.25, -0.2) is 8.42 Å². The average molecular weight is 459 g/mol. The number of sulfonamides is 1. The van der Waals surface area contributed by atoms with Gasteiger partial charge in [0.05, 0.1) is 11.6 Å². The van der Waals surface area contributed by atoms with Crippen molar-refractivity contribution in [3.8, 4) is 11.5 Å². The van der Waals surface area contributed by atoms with Gasteiger partial charge in [-0.2, -0.15) is 4.31 Å². The third kappa shape index (κ3) is 4.04. The summed E-state index contributed by atoms with van der Waals surface area (Å²) >= 11 is 18.0. The fourth-order valence-corrected chi connectivity index (χ4v) is 5.23. The van der Waals surface area contributed by atoms with Gasteiger partial charge in [0.1, 0.15) is 4.90 Å². The average Bonchev–Trinajstić information content (AvgIpc) is 3.39. The number of hydrogen-bond acceptors (Lipinski definition) is 5. The molecule has 146 valence electrons. The Bertz CT molecular complexity index is 1110. The van der Waals surface area contributed by atoms with Crippen LogP contribution in [-0.4, -0.2) is 29.0 Å². The van der Waals surface area contributed by atoms with Crippen molar-refractivity contribution in [1.82, 2.24) is 14.5 Å². The van der Waals surface area contributed by atoms with Crippen LogP contribution in [0.1, 0.15) is 18.7 Å². The van der Waals surface area contributed by atoms with Gasteiger partial charge in [0.2, 0.25) is 21.8 Å². The van der Waals surface area contributed by atoms with Gasteiger partial charge in [0.25, 0.3) is 0 Å². The molecule has 0 radical (unpaired) electrons. The van der Waals surface area contributed by atoms with Crippen LogP contribution in [0.4, 0.5) is 0 Å². The fourth-order valence-electron chi connectivity index (χ4n) is 2.73. The second-order valence-electron chi connectivity index (χ2n) is 6.36. The predicted molar refractivity (Wildman–Crippen MR) is 107 cm³/mol. The van der Waals surface area contributed by atoms with Crippen LogP contribution in [0.3, 0.4) is 0 Å². The molecular formula is C18H14Cl3N3O3S. The highest BCUT2D eigenvalue weighted by atomic mass is 35.5. The molecule has 0 spiro atoms. The molecule has 6 nitrogen and oxygen atoms in total. The summed E-state index contributed by atoms with van der Waals surface area (Å²) in [5, 5.41) is 9.00. The van der Waals surface area contributed by atoms with Gasteiger partial charge in [-0.3, -0.25) is 0 Å². The van der Waals surface area contributed by atoms with Gasteiger partial charge in [-0.05, 0) is 55.3 Å². The first-order valence-corrected chi connectivity index (χ1v) is 11.0. The van der Waals surface area contributed by atoms with E-state index in [1.807, 2.05) is 0 Å². The lowest BCUT2D eigenvalue weighted by atomic mass is 10.2. The van der Waals surface area contributed by atoms with E-state index in [4.69, 9.17) is 39.2 Å². The molecule has 4 rings (SSSR count). The van der Waals surface area contributed by atoms with Crippen molar-refractivity contribution in [2.75, 3.05) is 0 Å². The second kappa shape index (κ2) is 7.65. The molecule has 10 heteroatoms. The molecule has 0 atom stereocenters. The molecule has 1 saturated carbocycles. The Hall–Kier alpha value is -1.64. The van der Waals surface area contributed by atoms with Crippen molar-refractivity contribution in [3.05, 3.63) is 63.4 Å².